The standard InChI is InChI=1S/C17H26N2O/c1-14-4-6-16(7-5-14)13-19-10-8-17(9-11-19)12-18(3)15(2)20/h4-7,17H,8-13H2,1-3H3. The molecule has 1 heterocycles. The van der Waals surface area contributed by atoms with Gasteiger partial charge in [0.05, 0.1) is 0 Å². The molecule has 3 heteroatoms. The summed E-state index contributed by atoms with van der Waals surface area (Å²) in [7, 11) is 1.90. The van der Waals surface area contributed by atoms with Crippen LogP contribution in [0.1, 0.15) is 30.9 Å². The highest BCUT2D eigenvalue weighted by Crippen LogP contribution is 2.20. The molecule has 0 bridgehead atoms. The fraction of sp³-hybridized carbons (Fsp3) is 0.588. The van der Waals surface area contributed by atoms with Crippen LogP contribution in [-0.2, 0) is 11.3 Å². The van der Waals surface area contributed by atoms with Crippen LogP contribution >= 0.6 is 0 Å². The molecule has 1 fully saturated rings. The summed E-state index contributed by atoms with van der Waals surface area (Å²) >= 11 is 0. The van der Waals surface area contributed by atoms with E-state index in [2.05, 4.69) is 36.1 Å². The second kappa shape index (κ2) is 6.89. The Morgan fingerprint density at radius 1 is 1.25 bits per heavy atom. The molecule has 1 amide bonds. The molecule has 0 aliphatic carbocycles. The largest absolute Gasteiger partial charge is 0.346 e. The third kappa shape index (κ3) is 4.34. The fourth-order valence-corrected chi connectivity index (χ4v) is 2.79. The zero-order chi connectivity index (χ0) is 14.5. The van der Waals surface area contributed by atoms with Crippen molar-refractivity contribution in [2.75, 3.05) is 26.7 Å². The van der Waals surface area contributed by atoms with Gasteiger partial charge in [-0.25, -0.2) is 0 Å². The Hall–Kier alpha value is -1.35. The normalized spacial score (nSPS) is 17.1. The van der Waals surface area contributed by atoms with Crippen molar-refractivity contribution < 1.29 is 4.79 Å². The fourth-order valence-electron chi connectivity index (χ4n) is 2.79. The van der Waals surface area contributed by atoms with Gasteiger partial charge in [0.25, 0.3) is 0 Å². The molecule has 0 saturated carbocycles. The quantitative estimate of drug-likeness (QED) is 0.843. The van der Waals surface area contributed by atoms with E-state index in [0.29, 0.717) is 5.92 Å². The van der Waals surface area contributed by atoms with Gasteiger partial charge >= 0.3 is 0 Å². The first-order valence-corrected chi connectivity index (χ1v) is 7.54. The van der Waals surface area contributed by atoms with Gasteiger partial charge in [-0.2, -0.15) is 0 Å². The van der Waals surface area contributed by atoms with Crippen molar-refractivity contribution in [3.8, 4) is 0 Å². The molecule has 0 atom stereocenters. The number of benzene rings is 1. The van der Waals surface area contributed by atoms with Crippen molar-refractivity contribution in [1.82, 2.24) is 9.80 Å². The third-order valence-corrected chi connectivity index (χ3v) is 4.30. The van der Waals surface area contributed by atoms with Gasteiger partial charge in [-0.3, -0.25) is 9.69 Å². The highest BCUT2D eigenvalue weighted by molar-refractivity contribution is 5.72. The van der Waals surface area contributed by atoms with Gasteiger partial charge in [0, 0.05) is 27.1 Å². The van der Waals surface area contributed by atoms with E-state index in [1.165, 1.54) is 24.0 Å². The predicted molar refractivity (Wildman–Crippen MR) is 82.5 cm³/mol. The van der Waals surface area contributed by atoms with Gasteiger partial charge in [0.1, 0.15) is 0 Å². The number of likely N-dealkylation sites (tertiary alicyclic amines) is 1. The molecule has 1 saturated heterocycles. The Bertz CT molecular complexity index is 433. The van der Waals surface area contributed by atoms with Crippen molar-refractivity contribution in [1.29, 1.82) is 0 Å². The minimum Gasteiger partial charge on any atom is -0.346 e. The second-order valence-corrected chi connectivity index (χ2v) is 6.10. The Kier molecular flexibility index (Phi) is 5.18. The van der Waals surface area contributed by atoms with Crippen molar-refractivity contribution in [2.24, 2.45) is 5.92 Å². The molecule has 3 nitrogen and oxygen atoms in total. The third-order valence-electron chi connectivity index (χ3n) is 4.30. The second-order valence-electron chi connectivity index (χ2n) is 6.10. The summed E-state index contributed by atoms with van der Waals surface area (Å²) in [6.07, 6.45) is 2.40. The average molecular weight is 274 g/mol. The molecule has 0 aromatic heterocycles. The van der Waals surface area contributed by atoms with Crippen LogP contribution in [-0.4, -0.2) is 42.4 Å². The van der Waals surface area contributed by atoms with E-state index in [0.717, 1.165) is 26.2 Å². The van der Waals surface area contributed by atoms with E-state index < -0.39 is 0 Å². The maximum Gasteiger partial charge on any atom is 0.219 e. The first-order chi connectivity index (χ1) is 9.54. The number of hydrogen-bond donors (Lipinski definition) is 0. The highest BCUT2D eigenvalue weighted by atomic mass is 16.2. The number of hydrogen-bond acceptors (Lipinski definition) is 2. The van der Waals surface area contributed by atoms with Crippen molar-refractivity contribution in [2.45, 2.75) is 33.2 Å². The van der Waals surface area contributed by atoms with Gasteiger partial charge in [0.2, 0.25) is 5.91 Å². The van der Waals surface area contributed by atoms with E-state index >= 15 is 0 Å². The van der Waals surface area contributed by atoms with Crippen molar-refractivity contribution >= 4 is 5.91 Å². The number of amides is 1. The number of rotatable bonds is 4. The van der Waals surface area contributed by atoms with Gasteiger partial charge in [0.15, 0.2) is 0 Å². The van der Waals surface area contributed by atoms with Gasteiger partial charge in [-0.15, -0.1) is 0 Å². The van der Waals surface area contributed by atoms with E-state index in [9.17, 15) is 4.79 Å². The zero-order valence-electron chi connectivity index (χ0n) is 12.9. The Balaban J connectivity index is 1.76. The summed E-state index contributed by atoms with van der Waals surface area (Å²) in [6.45, 7) is 8.02. The van der Waals surface area contributed by atoms with E-state index in [1.54, 1.807) is 6.92 Å². The van der Waals surface area contributed by atoms with Gasteiger partial charge < -0.3 is 4.90 Å². The Labute approximate surface area is 122 Å². The smallest absolute Gasteiger partial charge is 0.219 e. The maximum atomic E-state index is 11.3. The number of nitrogens with zero attached hydrogens (tertiary/aromatic N) is 2. The van der Waals surface area contributed by atoms with Crippen molar-refractivity contribution in [3.05, 3.63) is 35.4 Å². The number of piperidine rings is 1. The zero-order valence-corrected chi connectivity index (χ0v) is 12.9. The number of carbonyl (C=O) groups is 1. The van der Waals surface area contributed by atoms with Crippen LogP contribution in [0.2, 0.25) is 0 Å². The Morgan fingerprint density at radius 3 is 2.40 bits per heavy atom. The molecule has 1 aliphatic heterocycles. The van der Waals surface area contributed by atoms with Crippen LogP contribution in [0.5, 0.6) is 0 Å². The molecule has 0 radical (unpaired) electrons. The van der Waals surface area contributed by atoms with Gasteiger partial charge in [-0.05, 0) is 44.3 Å². The van der Waals surface area contributed by atoms with E-state index in [-0.39, 0.29) is 5.91 Å². The highest BCUT2D eigenvalue weighted by Gasteiger charge is 2.21. The molecule has 1 aromatic carbocycles. The van der Waals surface area contributed by atoms with Crippen LogP contribution in [0.15, 0.2) is 24.3 Å². The number of aryl methyl sites for hydroxylation is 1. The van der Waals surface area contributed by atoms with Crippen LogP contribution in [0, 0.1) is 12.8 Å². The molecular weight excluding hydrogens is 248 g/mol. The summed E-state index contributed by atoms with van der Waals surface area (Å²) in [4.78, 5) is 15.6. The lowest BCUT2D eigenvalue weighted by Gasteiger charge is -2.33. The summed E-state index contributed by atoms with van der Waals surface area (Å²) in [6, 6.07) is 8.82. The molecule has 0 spiro atoms. The Morgan fingerprint density at radius 2 is 1.85 bits per heavy atom. The lowest BCUT2D eigenvalue weighted by Crippen LogP contribution is -2.38. The van der Waals surface area contributed by atoms with E-state index in [1.807, 2.05) is 11.9 Å². The SMILES string of the molecule is CC(=O)N(C)CC1CCN(Cc2ccc(C)cc2)CC1. The topological polar surface area (TPSA) is 23.6 Å². The maximum absolute atomic E-state index is 11.3. The summed E-state index contributed by atoms with van der Waals surface area (Å²) < 4.78 is 0. The van der Waals surface area contributed by atoms with Crippen LogP contribution in [0.4, 0.5) is 0 Å². The van der Waals surface area contributed by atoms with Gasteiger partial charge in [-0.1, -0.05) is 29.8 Å². The first kappa shape index (κ1) is 15.0. The lowest BCUT2D eigenvalue weighted by molar-refractivity contribution is -0.128. The van der Waals surface area contributed by atoms with E-state index in [4.69, 9.17) is 0 Å². The first-order valence-electron chi connectivity index (χ1n) is 7.54. The summed E-state index contributed by atoms with van der Waals surface area (Å²) in [5.41, 5.74) is 2.72. The monoisotopic (exact) mass is 274 g/mol. The lowest BCUT2D eigenvalue weighted by atomic mass is 9.96. The van der Waals surface area contributed by atoms with Crippen LogP contribution < -0.4 is 0 Å². The summed E-state index contributed by atoms with van der Waals surface area (Å²) in [5, 5.41) is 0. The molecule has 0 unspecified atom stereocenters. The van der Waals surface area contributed by atoms with Crippen molar-refractivity contribution in [3.63, 3.8) is 0 Å². The minimum atomic E-state index is 0.173. The molecule has 1 aliphatic rings. The average Bonchev–Trinajstić information content (AvgIpc) is 2.43. The molecule has 0 N–H and O–H groups in total. The minimum absolute atomic E-state index is 0.173. The predicted octanol–water partition coefficient (Wildman–Crippen LogP) is 2.69. The van der Waals surface area contributed by atoms with Crippen LogP contribution in [0.25, 0.3) is 0 Å². The molecule has 1 aromatic rings. The molecular formula is C17H26N2O. The molecule has 2 rings (SSSR count). The molecule has 20 heavy (non-hydrogen) atoms. The molecule has 110 valence electrons. The number of carbonyl (C=O) groups excluding carboxylic acids is 1. The summed E-state index contributed by atoms with van der Waals surface area (Å²) in [5.74, 6) is 0.838. The van der Waals surface area contributed by atoms with Crippen LogP contribution in [0.3, 0.4) is 0 Å².